The van der Waals surface area contributed by atoms with Gasteiger partial charge in [-0.15, -0.1) is 0 Å². The summed E-state index contributed by atoms with van der Waals surface area (Å²) in [5.74, 6) is -0.696. The summed E-state index contributed by atoms with van der Waals surface area (Å²) in [6.07, 6.45) is 0.648. The number of benzene rings is 1. The number of amides is 2. The highest BCUT2D eigenvalue weighted by molar-refractivity contribution is 6.33. The standard InChI is InChI=1S/C13H18ClN3O2/c1-3-8(7-15)13(19)17-11-6-9(12(18)16-2)4-5-10(11)14/h4-6,8H,3,7,15H2,1-2H3,(H,16,18)(H,17,19). The van der Waals surface area contributed by atoms with Crippen molar-refractivity contribution < 1.29 is 9.59 Å². The topological polar surface area (TPSA) is 84.2 Å². The van der Waals surface area contributed by atoms with Crippen LogP contribution in [0.2, 0.25) is 5.02 Å². The molecule has 0 aliphatic rings. The van der Waals surface area contributed by atoms with Gasteiger partial charge in [0.2, 0.25) is 5.91 Å². The molecule has 0 aromatic heterocycles. The molecule has 0 aliphatic heterocycles. The van der Waals surface area contributed by atoms with Crippen molar-refractivity contribution in [1.29, 1.82) is 0 Å². The largest absolute Gasteiger partial charge is 0.355 e. The third-order valence-electron chi connectivity index (χ3n) is 2.86. The molecule has 0 saturated heterocycles. The zero-order valence-corrected chi connectivity index (χ0v) is 11.8. The molecule has 1 aromatic carbocycles. The number of halogens is 1. The van der Waals surface area contributed by atoms with Crippen LogP contribution in [-0.4, -0.2) is 25.4 Å². The van der Waals surface area contributed by atoms with Crippen LogP contribution < -0.4 is 16.4 Å². The Morgan fingerprint density at radius 2 is 2.11 bits per heavy atom. The minimum Gasteiger partial charge on any atom is -0.355 e. The highest BCUT2D eigenvalue weighted by Crippen LogP contribution is 2.23. The second-order valence-electron chi connectivity index (χ2n) is 4.10. The minimum absolute atomic E-state index is 0.194. The van der Waals surface area contributed by atoms with E-state index in [-0.39, 0.29) is 24.3 Å². The molecule has 1 atom stereocenters. The molecule has 0 fully saturated rings. The van der Waals surface area contributed by atoms with E-state index in [1.807, 2.05) is 6.92 Å². The van der Waals surface area contributed by atoms with E-state index in [2.05, 4.69) is 10.6 Å². The molecule has 0 radical (unpaired) electrons. The van der Waals surface area contributed by atoms with E-state index in [1.165, 1.54) is 7.05 Å². The number of carbonyl (C=O) groups is 2. The summed E-state index contributed by atoms with van der Waals surface area (Å²) in [7, 11) is 1.54. The van der Waals surface area contributed by atoms with Crippen molar-refractivity contribution in [3.63, 3.8) is 0 Å². The van der Waals surface area contributed by atoms with Crippen LogP contribution in [0.25, 0.3) is 0 Å². The van der Waals surface area contributed by atoms with E-state index in [9.17, 15) is 9.59 Å². The average Bonchev–Trinajstić information content (AvgIpc) is 2.41. The lowest BCUT2D eigenvalue weighted by Crippen LogP contribution is -2.29. The number of anilines is 1. The quantitative estimate of drug-likeness (QED) is 0.768. The van der Waals surface area contributed by atoms with E-state index >= 15 is 0 Å². The summed E-state index contributed by atoms with van der Waals surface area (Å²) in [6.45, 7) is 2.16. The number of rotatable bonds is 5. The molecule has 0 heterocycles. The van der Waals surface area contributed by atoms with E-state index < -0.39 is 0 Å². The smallest absolute Gasteiger partial charge is 0.251 e. The van der Waals surface area contributed by atoms with Crippen molar-refractivity contribution in [3.05, 3.63) is 28.8 Å². The Kier molecular flexibility index (Phi) is 5.79. The summed E-state index contributed by atoms with van der Waals surface area (Å²) in [5.41, 5.74) is 6.37. The average molecular weight is 284 g/mol. The summed E-state index contributed by atoms with van der Waals surface area (Å²) in [4.78, 5) is 23.4. The third-order valence-corrected chi connectivity index (χ3v) is 3.19. The predicted molar refractivity (Wildman–Crippen MR) is 76.3 cm³/mol. The molecule has 4 N–H and O–H groups in total. The summed E-state index contributed by atoms with van der Waals surface area (Å²) >= 11 is 6.00. The van der Waals surface area contributed by atoms with Gasteiger partial charge in [-0.1, -0.05) is 18.5 Å². The highest BCUT2D eigenvalue weighted by Gasteiger charge is 2.16. The van der Waals surface area contributed by atoms with Crippen molar-refractivity contribution >= 4 is 29.1 Å². The third kappa shape index (κ3) is 3.94. The number of hydrogen-bond acceptors (Lipinski definition) is 3. The number of nitrogens with two attached hydrogens (primary N) is 1. The van der Waals surface area contributed by atoms with Gasteiger partial charge < -0.3 is 16.4 Å². The molecule has 0 aliphatic carbocycles. The lowest BCUT2D eigenvalue weighted by atomic mass is 10.1. The molecule has 5 nitrogen and oxygen atoms in total. The molecule has 2 amide bonds. The van der Waals surface area contributed by atoms with Gasteiger partial charge in [0, 0.05) is 19.2 Å². The van der Waals surface area contributed by atoms with E-state index in [0.717, 1.165) is 0 Å². The molecule has 0 bridgehead atoms. The fourth-order valence-electron chi connectivity index (χ4n) is 1.60. The first-order valence-corrected chi connectivity index (χ1v) is 6.43. The molecule has 104 valence electrons. The Hall–Kier alpha value is -1.59. The first-order valence-electron chi connectivity index (χ1n) is 6.06. The number of nitrogens with one attached hydrogen (secondary N) is 2. The van der Waals surface area contributed by atoms with Crippen LogP contribution in [0.5, 0.6) is 0 Å². The second-order valence-corrected chi connectivity index (χ2v) is 4.51. The maximum atomic E-state index is 11.9. The van der Waals surface area contributed by atoms with Crippen molar-refractivity contribution in [1.82, 2.24) is 5.32 Å². The molecule has 6 heteroatoms. The molecule has 19 heavy (non-hydrogen) atoms. The highest BCUT2D eigenvalue weighted by atomic mass is 35.5. The number of carbonyl (C=O) groups excluding carboxylic acids is 2. The lowest BCUT2D eigenvalue weighted by Gasteiger charge is -2.14. The normalized spacial score (nSPS) is 11.8. The Bertz CT molecular complexity index is 473. The molecule has 0 spiro atoms. The Balaban J connectivity index is 2.94. The fourth-order valence-corrected chi connectivity index (χ4v) is 1.77. The number of hydrogen-bond donors (Lipinski definition) is 3. The molecular formula is C13H18ClN3O2. The van der Waals surface area contributed by atoms with Gasteiger partial charge in [0.1, 0.15) is 0 Å². The second kappa shape index (κ2) is 7.11. The molecular weight excluding hydrogens is 266 g/mol. The zero-order chi connectivity index (χ0) is 14.4. The first kappa shape index (κ1) is 15.5. The van der Waals surface area contributed by atoms with E-state index in [4.69, 9.17) is 17.3 Å². The van der Waals surface area contributed by atoms with Crippen LogP contribution in [0.1, 0.15) is 23.7 Å². The van der Waals surface area contributed by atoms with E-state index in [0.29, 0.717) is 22.7 Å². The van der Waals surface area contributed by atoms with Crippen LogP contribution in [0, 0.1) is 5.92 Å². The van der Waals surface area contributed by atoms with Gasteiger partial charge in [0.15, 0.2) is 0 Å². The van der Waals surface area contributed by atoms with Crippen molar-refractivity contribution in [2.24, 2.45) is 11.7 Å². The molecule has 0 saturated carbocycles. The SMILES string of the molecule is CCC(CN)C(=O)Nc1cc(C(=O)NC)ccc1Cl. The minimum atomic E-state index is -0.264. The van der Waals surface area contributed by atoms with Gasteiger partial charge in [-0.05, 0) is 24.6 Å². The van der Waals surface area contributed by atoms with E-state index in [1.54, 1.807) is 18.2 Å². The van der Waals surface area contributed by atoms with Crippen LogP contribution in [0.3, 0.4) is 0 Å². The predicted octanol–water partition coefficient (Wildman–Crippen LogP) is 1.62. The van der Waals surface area contributed by atoms with Gasteiger partial charge >= 0.3 is 0 Å². The summed E-state index contributed by atoms with van der Waals surface area (Å²) in [5, 5.41) is 5.59. The van der Waals surface area contributed by atoms with Crippen LogP contribution >= 0.6 is 11.6 Å². The lowest BCUT2D eigenvalue weighted by molar-refractivity contribution is -0.119. The molecule has 1 aromatic rings. The first-order chi connectivity index (χ1) is 9.03. The Morgan fingerprint density at radius 3 is 2.63 bits per heavy atom. The monoisotopic (exact) mass is 283 g/mol. The summed E-state index contributed by atoms with van der Waals surface area (Å²) in [6, 6.07) is 4.71. The van der Waals surface area contributed by atoms with Gasteiger partial charge in [-0.3, -0.25) is 9.59 Å². The Labute approximate surface area is 117 Å². The zero-order valence-electron chi connectivity index (χ0n) is 11.0. The fraction of sp³-hybridized carbons (Fsp3) is 0.385. The maximum absolute atomic E-state index is 11.9. The van der Waals surface area contributed by atoms with Crippen LogP contribution in [0.4, 0.5) is 5.69 Å². The van der Waals surface area contributed by atoms with Crippen molar-refractivity contribution in [3.8, 4) is 0 Å². The van der Waals surface area contributed by atoms with Gasteiger partial charge in [-0.2, -0.15) is 0 Å². The maximum Gasteiger partial charge on any atom is 0.251 e. The van der Waals surface area contributed by atoms with Crippen molar-refractivity contribution in [2.75, 3.05) is 18.9 Å². The molecule has 1 rings (SSSR count). The van der Waals surface area contributed by atoms with Crippen molar-refractivity contribution in [2.45, 2.75) is 13.3 Å². The van der Waals surface area contributed by atoms with Crippen LogP contribution in [-0.2, 0) is 4.79 Å². The van der Waals surface area contributed by atoms with Gasteiger partial charge in [0.25, 0.3) is 5.91 Å². The van der Waals surface area contributed by atoms with Crippen LogP contribution in [0.15, 0.2) is 18.2 Å². The molecule has 1 unspecified atom stereocenters. The van der Waals surface area contributed by atoms with Gasteiger partial charge in [-0.25, -0.2) is 0 Å². The summed E-state index contributed by atoms with van der Waals surface area (Å²) < 4.78 is 0. The van der Waals surface area contributed by atoms with Gasteiger partial charge in [0.05, 0.1) is 16.6 Å². The Morgan fingerprint density at radius 1 is 1.42 bits per heavy atom.